The molecule has 1 aliphatic rings. The maximum atomic E-state index is 13.0. The Kier molecular flexibility index (Phi) is 7.60. The van der Waals surface area contributed by atoms with Crippen LogP contribution in [0.4, 0.5) is 6.01 Å². The van der Waals surface area contributed by atoms with Gasteiger partial charge in [-0.1, -0.05) is 31.5 Å². The van der Waals surface area contributed by atoms with E-state index in [1.54, 1.807) is 13.3 Å². The number of ketones is 1. The monoisotopic (exact) mass is 438 g/mol. The second-order valence-corrected chi connectivity index (χ2v) is 8.67. The number of anilines is 1. The Morgan fingerprint density at radius 1 is 1.25 bits per heavy atom. The zero-order valence-electron chi connectivity index (χ0n) is 19.2. The number of aromatic nitrogens is 2. The predicted octanol–water partition coefficient (Wildman–Crippen LogP) is 4.16. The summed E-state index contributed by atoms with van der Waals surface area (Å²) in [6, 6.07) is 8.89. The standard InChI is InChI=1S/C25H34N4O3/c1-3-6-19(15-20-17-26-22-8-5-4-7-21(20)22)16-23(30)24-18-27-25(32-24)29-11-9-28(10-12-29)13-14-31-2/h4-5,7-8,17-19,26H,3,6,9-16H2,1-2H3. The van der Waals surface area contributed by atoms with E-state index in [-0.39, 0.29) is 11.7 Å². The molecule has 1 N–H and O–H groups in total. The van der Waals surface area contributed by atoms with Crippen LogP contribution in [-0.4, -0.2) is 67.1 Å². The summed E-state index contributed by atoms with van der Waals surface area (Å²) in [5.41, 5.74) is 2.42. The van der Waals surface area contributed by atoms with Crippen LogP contribution >= 0.6 is 0 Å². The van der Waals surface area contributed by atoms with Gasteiger partial charge in [0, 0.05) is 63.4 Å². The van der Waals surface area contributed by atoms with Gasteiger partial charge in [-0.25, -0.2) is 4.98 Å². The van der Waals surface area contributed by atoms with Gasteiger partial charge in [0.15, 0.2) is 11.5 Å². The molecule has 0 saturated carbocycles. The maximum absolute atomic E-state index is 13.0. The minimum absolute atomic E-state index is 0.0424. The summed E-state index contributed by atoms with van der Waals surface area (Å²) < 4.78 is 11.1. The fourth-order valence-corrected chi connectivity index (χ4v) is 4.58. The van der Waals surface area contributed by atoms with Crippen LogP contribution in [0.1, 0.15) is 42.3 Å². The summed E-state index contributed by atoms with van der Waals surface area (Å²) in [6.07, 6.45) is 7.10. The Balaban J connectivity index is 1.36. The van der Waals surface area contributed by atoms with Crippen LogP contribution in [0, 0.1) is 5.92 Å². The van der Waals surface area contributed by atoms with Crippen LogP contribution in [0.3, 0.4) is 0 Å². The summed E-state index contributed by atoms with van der Waals surface area (Å²) in [7, 11) is 1.73. The van der Waals surface area contributed by atoms with Gasteiger partial charge in [-0.2, -0.15) is 0 Å². The lowest BCUT2D eigenvalue weighted by atomic mass is 9.90. The first kappa shape index (κ1) is 22.6. The van der Waals surface area contributed by atoms with Gasteiger partial charge in [0.2, 0.25) is 0 Å². The number of H-pyrrole nitrogens is 1. The number of aromatic amines is 1. The van der Waals surface area contributed by atoms with Crippen molar-refractivity contribution in [2.75, 3.05) is 51.3 Å². The Bertz CT molecular complexity index is 1000. The number of nitrogens with zero attached hydrogens (tertiary/aromatic N) is 3. The van der Waals surface area contributed by atoms with Crippen molar-refractivity contribution in [3.63, 3.8) is 0 Å². The number of oxazole rings is 1. The topological polar surface area (TPSA) is 74.6 Å². The van der Waals surface area contributed by atoms with Crippen molar-refractivity contribution in [3.05, 3.63) is 48.0 Å². The molecular formula is C25H34N4O3. The number of benzene rings is 1. The second kappa shape index (κ2) is 10.8. The number of Topliss-reactive ketones (excluding diaryl/α,β-unsaturated/α-hetero) is 1. The zero-order chi connectivity index (χ0) is 22.3. The molecule has 0 bridgehead atoms. The first-order valence-electron chi connectivity index (χ1n) is 11.7. The molecule has 2 aromatic heterocycles. The van der Waals surface area contributed by atoms with Crippen LogP contribution in [0.25, 0.3) is 10.9 Å². The molecule has 7 heteroatoms. The number of hydrogen-bond acceptors (Lipinski definition) is 6. The molecular weight excluding hydrogens is 404 g/mol. The molecule has 172 valence electrons. The van der Waals surface area contributed by atoms with Crippen molar-refractivity contribution in [2.45, 2.75) is 32.6 Å². The predicted molar refractivity (Wildman–Crippen MR) is 126 cm³/mol. The van der Waals surface area contributed by atoms with Gasteiger partial charge in [-0.05, 0) is 30.4 Å². The van der Waals surface area contributed by atoms with Gasteiger partial charge in [-0.15, -0.1) is 0 Å². The Hall–Kier alpha value is -2.64. The summed E-state index contributed by atoms with van der Waals surface area (Å²) in [5, 5.41) is 1.24. The van der Waals surface area contributed by atoms with Gasteiger partial charge < -0.3 is 19.0 Å². The molecule has 7 nitrogen and oxygen atoms in total. The summed E-state index contributed by atoms with van der Waals surface area (Å²) in [6.45, 7) is 7.43. The van der Waals surface area contributed by atoms with Crippen LogP contribution < -0.4 is 4.90 Å². The van der Waals surface area contributed by atoms with Crippen LogP contribution in [0.15, 0.2) is 41.1 Å². The quantitative estimate of drug-likeness (QED) is 0.453. The third-order valence-corrected chi connectivity index (χ3v) is 6.38. The van der Waals surface area contributed by atoms with E-state index in [0.717, 1.165) is 64.1 Å². The van der Waals surface area contributed by atoms with Crippen molar-refractivity contribution in [1.82, 2.24) is 14.9 Å². The number of para-hydroxylation sites is 1. The molecule has 1 fully saturated rings. The van der Waals surface area contributed by atoms with Crippen LogP contribution in [0.2, 0.25) is 0 Å². The highest BCUT2D eigenvalue weighted by Gasteiger charge is 2.24. The van der Waals surface area contributed by atoms with E-state index in [1.165, 1.54) is 10.9 Å². The van der Waals surface area contributed by atoms with Gasteiger partial charge >= 0.3 is 0 Å². The number of methoxy groups -OCH3 is 1. The van der Waals surface area contributed by atoms with Gasteiger partial charge in [0.1, 0.15) is 0 Å². The number of carbonyl (C=O) groups excluding carboxylic acids is 1. The van der Waals surface area contributed by atoms with E-state index in [0.29, 0.717) is 18.2 Å². The van der Waals surface area contributed by atoms with Gasteiger partial charge in [-0.3, -0.25) is 9.69 Å². The average molecular weight is 439 g/mol. The molecule has 4 rings (SSSR count). The van der Waals surface area contributed by atoms with Crippen molar-refractivity contribution < 1.29 is 13.9 Å². The third kappa shape index (κ3) is 5.40. The molecule has 1 aromatic carbocycles. The molecule has 1 aliphatic heterocycles. The van der Waals surface area contributed by atoms with E-state index in [9.17, 15) is 4.79 Å². The number of nitrogens with one attached hydrogen (secondary N) is 1. The first-order chi connectivity index (χ1) is 15.7. The molecule has 0 spiro atoms. The third-order valence-electron chi connectivity index (χ3n) is 6.38. The molecule has 0 aliphatic carbocycles. The number of rotatable bonds is 11. The van der Waals surface area contributed by atoms with E-state index < -0.39 is 0 Å². The minimum atomic E-state index is 0.0424. The van der Waals surface area contributed by atoms with E-state index >= 15 is 0 Å². The average Bonchev–Trinajstić information content (AvgIpc) is 3.46. The van der Waals surface area contributed by atoms with Crippen LogP contribution in [-0.2, 0) is 11.2 Å². The highest BCUT2D eigenvalue weighted by molar-refractivity contribution is 5.93. The number of carbonyl (C=O) groups is 1. The fraction of sp³-hybridized carbons (Fsp3) is 0.520. The Labute approximate surface area is 189 Å². The number of fused-ring (bicyclic) bond motifs is 1. The van der Waals surface area contributed by atoms with E-state index in [2.05, 4.69) is 51.1 Å². The molecule has 1 unspecified atom stereocenters. The van der Waals surface area contributed by atoms with Crippen molar-refractivity contribution in [2.24, 2.45) is 5.92 Å². The first-order valence-corrected chi connectivity index (χ1v) is 11.7. The number of piperazine rings is 1. The van der Waals surface area contributed by atoms with Crippen LogP contribution in [0.5, 0.6) is 0 Å². The molecule has 1 saturated heterocycles. The Morgan fingerprint density at radius 3 is 2.84 bits per heavy atom. The molecule has 0 radical (unpaired) electrons. The number of hydrogen-bond donors (Lipinski definition) is 1. The fourth-order valence-electron chi connectivity index (χ4n) is 4.58. The molecule has 3 aromatic rings. The van der Waals surface area contributed by atoms with Crippen molar-refractivity contribution in [1.29, 1.82) is 0 Å². The highest BCUT2D eigenvalue weighted by Crippen LogP contribution is 2.26. The lowest BCUT2D eigenvalue weighted by Crippen LogP contribution is -2.47. The highest BCUT2D eigenvalue weighted by atomic mass is 16.5. The maximum Gasteiger partial charge on any atom is 0.297 e. The smallest absolute Gasteiger partial charge is 0.297 e. The van der Waals surface area contributed by atoms with Crippen molar-refractivity contribution in [3.8, 4) is 0 Å². The van der Waals surface area contributed by atoms with Crippen molar-refractivity contribution >= 4 is 22.7 Å². The lowest BCUT2D eigenvalue weighted by molar-refractivity contribution is 0.0931. The largest absolute Gasteiger partial charge is 0.420 e. The minimum Gasteiger partial charge on any atom is -0.420 e. The lowest BCUT2D eigenvalue weighted by Gasteiger charge is -2.33. The summed E-state index contributed by atoms with van der Waals surface area (Å²) in [5.74, 6) is 0.701. The molecule has 1 atom stereocenters. The SMILES string of the molecule is CCCC(CC(=O)c1cnc(N2CCN(CCOC)CC2)o1)Cc1c[nH]c2ccccc12. The van der Waals surface area contributed by atoms with E-state index in [1.807, 2.05) is 6.07 Å². The van der Waals surface area contributed by atoms with E-state index in [4.69, 9.17) is 9.15 Å². The molecule has 0 amide bonds. The molecule has 32 heavy (non-hydrogen) atoms. The summed E-state index contributed by atoms with van der Waals surface area (Å²) in [4.78, 5) is 25.3. The van der Waals surface area contributed by atoms with Gasteiger partial charge in [0.25, 0.3) is 6.01 Å². The second-order valence-electron chi connectivity index (χ2n) is 8.67. The summed E-state index contributed by atoms with van der Waals surface area (Å²) >= 11 is 0. The Morgan fingerprint density at radius 2 is 2.06 bits per heavy atom. The number of ether oxygens (including phenoxy) is 1. The van der Waals surface area contributed by atoms with Gasteiger partial charge in [0.05, 0.1) is 12.8 Å². The normalized spacial score (nSPS) is 16.0. The zero-order valence-corrected chi connectivity index (χ0v) is 19.2. The molecule has 3 heterocycles.